The molecule has 1 atom stereocenters. The lowest BCUT2D eigenvalue weighted by Gasteiger charge is -2.05. The Bertz CT molecular complexity index is 648. The van der Waals surface area contributed by atoms with Crippen LogP contribution in [0.3, 0.4) is 0 Å². The summed E-state index contributed by atoms with van der Waals surface area (Å²) in [7, 11) is -3.18. The highest BCUT2D eigenvalue weighted by Gasteiger charge is 2.17. The minimum atomic E-state index is -3.18. The number of furan rings is 1. The van der Waals surface area contributed by atoms with Crippen molar-refractivity contribution in [2.45, 2.75) is 6.04 Å². The quantitative estimate of drug-likeness (QED) is 0.906. The third-order valence-electron chi connectivity index (χ3n) is 2.35. The Labute approximate surface area is 98.1 Å². The van der Waals surface area contributed by atoms with E-state index < -0.39 is 15.9 Å². The maximum atomic E-state index is 12.9. The summed E-state index contributed by atoms with van der Waals surface area (Å²) in [5.74, 6) is -0.229. The molecule has 0 radical (unpaired) electrons. The molecule has 0 saturated heterocycles. The van der Waals surface area contributed by atoms with Gasteiger partial charge in [-0.2, -0.15) is 0 Å². The number of halogens is 1. The summed E-state index contributed by atoms with van der Waals surface area (Å²) in [4.78, 5) is 0. The average molecular weight is 257 g/mol. The van der Waals surface area contributed by atoms with Crippen LogP contribution in [0.1, 0.15) is 11.8 Å². The smallest absolute Gasteiger partial charge is 0.149 e. The van der Waals surface area contributed by atoms with E-state index in [1.54, 1.807) is 6.07 Å². The largest absolute Gasteiger partial charge is 0.459 e. The first kappa shape index (κ1) is 12.1. The minimum Gasteiger partial charge on any atom is -0.459 e. The number of hydrogen-bond acceptors (Lipinski definition) is 4. The molecule has 4 nitrogen and oxygen atoms in total. The monoisotopic (exact) mass is 257 g/mol. The highest BCUT2D eigenvalue weighted by atomic mass is 32.2. The van der Waals surface area contributed by atoms with Crippen LogP contribution >= 0.6 is 0 Å². The topological polar surface area (TPSA) is 73.3 Å². The van der Waals surface area contributed by atoms with Crippen molar-refractivity contribution < 1.29 is 17.2 Å². The van der Waals surface area contributed by atoms with Crippen LogP contribution in [0.2, 0.25) is 0 Å². The lowest BCUT2D eigenvalue weighted by atomic mass is 10.2. The van der Waals surface area contributed by atoms with Crippen LogP contribution in [0.25, 0.3) is 11.0 Å². The third-order valence-corrected chi connectivity index (χ3v) is 3.31. The second kappa shape index (κ2) is 4.12. The van der Waals surface area contributed by atoms with Gasteiger partial charge in [0.05, 0.1) is 11.8 Å². The van der Waals surface area contributed by atoms with E-state index in [-0.39, 0.29) is 11.6 Å². The third kappa shape index (κ3) is 2.83. The van der Waals surface area contributed by atoms with Crippen LogP contribution < -0.4 is 5.73 Å². The molecule has 0 aliphatic heterocycles. The second-order valence-electron chi connectivity index (χ2n) is 4.03. The lowest BCUT2D eigenvalue weighted by Crippen LogP contribution is -2.20. The number of benzene rings is 1. The molecule has 0 fully saturated rings. The molecule has 1 aromatic carbocycles. The zero-order valence-electron chi connectivity index (χ0n) is 9.18. The van der Waals surface area contributed by atoms with Crippen molar-refractivity contribution in [3.05, 3.63) is 35.8 Å². The molecule has 0 amide bonds. The molecular weight excluding hydrogens is 245 g/mol. The van der Waals surface area contributed by atoms with Crippen molar-refractivity contribution in [2.24, 2.45) is 5.73 Å². The molecule has 1 aromatic heterocycles. The van der Waals surface area contributed by atoms with Crippen molar-refractivity contribution >= 4 is 20.8 Å². The highest BCUT2D eigenvalue weighted by Crippen LogP contribution is 2.24. The fraction of sp³-hybridized carbons (Fsp3) is 0.273. The number of nitrogens with two attached hydrogens (primary N) is 1. The van der Waals surface area contributed by atoms with Crippen molar-refractivity contribution in [3.8, 4) is 0 Å². The first-order valence-corrected chi connectivity index (χ1v) is 7.03. The van der Waals surface area contributed by atoms with Gasteiger partial charge in [-0.15, -0.1) is 0 Å². The Hall–Kier alpha value is -1.40. The average Bonchev–Trinajstić information content (AvgIpc) is 2.57. The van der Waals surface area contributed by atoms with Gasteiger partial charge in [0, 0.05) is 11.6 Å². The first-order valence-electron chi connectivity index (χ1n) is 4.97. The van der Waals surface area contributed by atoms with Gasteiger partial charge in [-0.1, -0.05) is 0 Å². The van der Waals surface area contributed by atoms with Crippen molar-refractivity contribution in [2.75, 3.05) is 12.0 Å². The summed E-state index contributed by atoms with van der Waals surface area (Å²) in [6.45, 7) is 0. The Morgan fingerprint density at radius 1 is 1.41 bits per heavy atom. The van der Waals surface area contributed by atoms with Crippen LogP contribution in [0.15, 0.2) is 28.7 Å². The Morgan fingerprint density at radius 2 is 2.12 bits per heavy atom. The summed E-state index contributed by atoms with van der Waals surface area (Å²) in [5, 5.41) is 0.573. The van der Waals surface area contributed by atoms with Crippen LogP contribution in [0.5, 0.6) is 0 Å². The summed E-state index contributed by atoms with van der Waals surface area (Å²) in [6, 6.07) is 4.91. The van der Waals surface area contributed by atoms with E-state index in [1.165, 1.54) is 18.2 Å². The van der Waals surface area contributed by atoms with E-state index in [4.69, 9.17) is 10.2 Å². The highest BCUT2D eigenvalue weighted by molar-refractivity contribution is 7.90. The van der Waals surface area contributed by atoms with Gasteiger partial charge in [0.25, 0.3) is 0 Å². The Balaban J connectivity index is 2.36. The number of fused-ring (bicyclic) bond motifs is 1. The predicted octanol–water partition coefficient (Wildman–Crippen LogP) is 1.62. The van der Waals surface area contributed by atoms with Gasteiger partial charge >= 0.3 is 0 Å². The molecule has 1 heterocycles. The zero-order chi connectivity index (χ0) is 12.6. The van der Waals surface area contributed by atoms with Crippen molar-refractivity contribution in [1.82, 2.24) is 0 Å². The van der Waals surface area contributed by atoms with Crippen molar-refractivity contribution in [3.63, 3.8) is 0 Å². The molecule has 2 rings (SSSR count). The van der Waals surface area contributed by atoms with Gasteiger partial charge in [-0.3, -0.25) is 0 Å². The van der Waals surface area contributed by atoms with Crippen LogP contribution in [0, 0.1) is 5.82 Å². The van der Waals surface area contributed by atoms with Gasteiger partial charge in [0.15, 0.2) is 0 Å². The molecule has 6 heteroatoms. The number of hydrogen-bond donors (Lipinski definition) is 1. The molecule has 2 aromatic rings. The molecule has 2 N–H and O–H groups in total. The molecular formula is C11H12FNO3S. The zero-order valence-corrected chi connectivity index (χ0v) is 10.00. The molecule has 17 heavy (non-hydrogen) atoms. The summed E-state index contributed by atoms with van der Waals surface area (Å²) >= 11 is 0. The second-order valence-corrected chi connectivity index (χ2v) is 6.21. The Kier molecular flexibility index (Phi) is 2.92. The van der Waals surface area contributed by atoms with Gasteiger partial charge in [0.1, 0.15) is 27.0 Å². The van der Waals surface area contributed by atoms with Gasteiger partial charge in [-0.25, -0.2) is 12.8 Å². The SMILES string of the molecule is CS(=O)(=O)CC(N)c1cc2cc(F)ccc2o1. The number of rotatable bonds is 3. The molecule has 1 unspecified atom stereocenters. The van der Waals surface area contributed by atoms with E-state index in [0.29, 0.717) is 16.7 Å². The Morgan fingerprint density at radius 3 is 2.76 bits per heavy atom. The van der Waals surface area contributed by atoms with Crippen LogP contribution in [-0.4, -0.2) is 20.4 Å². The molecule has 0 aliphatic rings. The van der Waals surface area contributed by atoms with E-state index in [2.05, 4.69) is 0 Å². The standard InChI is InChI=1S/C11H12FNO3S/c1-17(14,15)6-9(13)11-5-7-4-8(12)2-3-10(7)16-11/h2-5,9H,6,13H2,1H3. The minimum absolute atomic E-state index is 0.199. The first-order chi connectivity index (χ1) is 7.85. The lowest BCUT2D eigenvalue weighted by molar-refractivity contribution is 0.508. The molecule has 0 spiro atoms. The summed E-state index contributed by atoms with van der Waals surface area (Å²) in [6.07, 6.45) is 1.11. The predicted molar refractivity (Wildman–Crippen MR) is 62.8 cm³/mol. The van der Waals surface area contributed by atoms with Crippen molar-refractivity contribution in [1.29, 1.82) is 0 Å². The van der Waals surface area contributed by atoms with E-state index in [0.717, 1.165) is 6.26 Å². The van der Waals surface area contributed by atoms with Gasteiger partial charge in [-0.05, 0) is 24.3 Å². The van der Waals surface area contributed by atoms with Crippen LogP contribution in [-0.2, 0) is 9.84 Å². The molecule has 0 saturated carbocycles. The molecule has 92 valence electrons. The normalized spacial score (nSPS) is 14.1. The summed E-state index contributed by atoms with van der Waals surface area (Å²) < 4.78 is 40.5. The fourth-order valence-electron chi connectivity index (χ4n) is 1.63. The number of sulfone groups is 1. The van der Waals surface area contributed by atoms with E-state index in [9.17, 15) is 12.8 Å². The summed E-state index contributed by atoms with van der Waals surface area (Å²) in [5.41, 5.74) is 6.21. The molecule has 0 bridgehead atoms. The maximum absolute atomic E-state index is 12.9. The fourth-order valence-corrected chi connectivity index (χ4v) is 2.44. The van der Waals surface area contributed by atoms with E-state index in [1.807, 2.05) is 0 Å². The van der Waals surface area contributed by atoms with Gasteiger partial charge in [0.2, 0.25) is 0 Å². The maximum Gasteiger partial charge on any atom is 0.149 e. The van der Waals surface area contributed by atoms with Gasteiger partial charge < -0.3 is 10.2 Å². The molecule has 0 aliphatic carbocycles. The van der Waals surface area contributed by atoms with E-state index >= 15 is 0 Å². The van der Waals surface area contributed by atoms with Crippen LogP contribution in [0.4, 0.5) is 4.39 Å².